The Morgan fingerprint density at radius 1 is 1.17 bits per heavy atom. The third-order valence-corrected chi connectivity index (χ3v) is 5.93. The molecule has 1 N–H and O–H groups in total. The van der Waals surface area contributed by atoms with Gasteiger partial charge in [-0.05, 0) is 70.0 Å². The average molecular weight is 498 g/mol. The first-order valence-electron chi connectivity index (χ1n) is 11.9. The maximum absolute atomic E-state index is 14.1. The van der Waals surface area contributed by atoms with Gasteiger partial charge in [0.05, 0.1) is 11.7 Å². The predicted octanol–water partition coefficient (Wildman–Crippen LogP) is 5.22. The lowest BCUT2D eigenvalue weighted by Gasteiger charge is -2.38. The molecule has 3 amide bonds. The van der Waals surface area contributed by atoms with Gasteiger partial charge in [-0.2, -0.15) is 5.10 Å². The van der Waals surface area contributed by atoms with Crippen LogP contribution in [-0.4, -0.2) is 58.6 Å². The number of ether oxygens (including phenoxy) is 2. The van der Waals surface area contributed by atoms with Gasteiger partial charge >= 0.3 is 12.1 Å². The van der Waals surface area contributed by atoms with Crippen molar-refractivity contribution in [3.05, 3.63) is 54.5 Å². The molecule has 4 rings (SSSR count). The number of fused-ring (bicyclic) bond motifs is 1. The number of nitrogens with zero attached hydrogens (tertiary/aromatic N) is 4. The highest BCUT2D eigenvalue weighted by Gasteiger charge is 2.32. The molecular formula is C26H32FN5O4. The summed E-state index contributed by atoms with van der Waals surface area (Å²) in [6.45, 7) is 6.63. The van der Waals surface area contributed by atoms with Crippen LogP contribution in [-0.2, 0) is 16.2 Å². The van der Waals surface area contributed by atoms with Crippen molar-refractivity contribution < 1.29 is 23.5 Å². The lowest BCUT2D eigenvalue weighted by atomic mass is 10.0. The Morgan fingerprint density at radius 2 is 1.92 bits per heavy atom. The van der Waals surface area contributed by atoms with E-state index in [4.69, 9.17) is 9.47 Å². The van der Waals surface area contributed by atoms with Crippen LogP contribution in [0.15, 0.2) is 48.7 Å². The van der Waals surface area contributed by atoms with E-state index in [1.165, 1.54) is 12.1 Å². The molecule has 0 spiro atoms. The molecule has 1 fully saturated rings. The van der Waals surface area contributed by atoms with Crippen molar-refractivity contribution in [2.75, 3.05) is 30.4 Å². The first-order chi connectivity index (χ1) is 17.1. The third kappa shape index (κ3) is 5.93. The zero-order valence-corrected chi connectivity index (χ0v) is 21.0. The summed E-state index contributed by atoms with van der Waals surface area (Å²) >= 11 is 0. The number of anilines is 2. The maximum atomic E-state index is 14.1. The van der Waals surface area contributed by atoms with Gasteiger partial charge in [0, 0.05) is 43.0 Å². The summed E-state index contributed by atoms with van der Waals surface area (Å²) in [6.07, 6.45) is 2.42. The first kappa shape index (κ1) is 25.4. The number of piperidine rings is 1. The summed E-state index contributed by atoms with van der Waals surface area (Å²) in [5, 5.41) is 8.17. The normalized spacial score (nSPS) is 14.6. The lowest BCUT2D eigenvalue weighted by molar-refractivity contribution is 0.0206. The highest BCUT2D eigenvalue weighted by atomic mass is 19.1. The standard InChI is InChI=1S/C26H32FN5O4/c1-26(2,3)36-25(34)30-12-10-21(11-13-30)32(22-7-5-6-19(27)14-22)24(33)29-20-9-8-18-16-28-31(17-35-4)23(18)15-20/h5-9,14-16,21H,10-13,17H2,1-4H3,(H,29,33). The second-order valence-corrected chi connectivity index (χ2v) is 9.81. The number of benzene rings is 2. The lowest BCUT2D eigenvalue weighted by Crippen LogP contribution is -2.51. The zero-order chi connectivity index (χ0) is 25.9. The molecule has 10 heteroatoms. The van der Waals surface area contributed by atoms with Gasteiger partial charge in [-0.15, -0.1) is 0 Å². The fourth-order valence-corrected chi connectivity index (χ4v) is 4.31. The van der Waals surface area contributed by atoms with Crippen molar-refractivity contribution in [1.29, 1.82) is 0 Å². The summed E-state index contributed by atoms with van der Waals surface area (Å²) in [6, 6.07) is 10.9. The van der Waals surface area contributed by atoms with E-state index < -0.39 is 11.4 Å². The largest absolute Gasteiger partial charge is 0.444 e. The van der Waals surface area contributed by atoms with E-state index in [0.717, 1.165) is 10.9 Å². The minimum Gasteiger partial charge on any atom is -0.444 e. The van der Waals surface area contributed by atoms with Gasteiger partial charge in [0.15, 0.2) is 0 Å². The molecule has 1 saturated heterocycles. The van der Waals surface area contributed by atoms with E-state index >= 15 is 0 Å². The molecule has 0 unspecified atom stereocenters. The van der Waals surface area contributed by atoms with Crippen LogP contribution in [0.2, 0.25) is 0 Å². The second-order valence-electron chi connectivity index (χ2n) is 9.81. The van der Waals surface area contributed by atoms with E-state index in [1.807, 2.05) is 32.9 Å². The number of carbonyl (C=O) groups is 2. The van der Waals surface area contributed by atoms with Crippen LogP contribution in [0.3, 0.4) is 0 Å². The summed E-state index contributed by atoms with van der Waals surface area (Å²) in [5.74, 6) is -0.429. The minimum atomic E-state index is -0.582. The van der Waals surface area contributed by atoms with Gasteiger partial charge in [-0.3, -0.25) is 4.90 Å². The number of urea groups is 1. The Kier molecular flexibility index (Phi) is 7.44. The molecule has 0 saturated carbocycles. The third-order valence-electron chi connectivity index (χ3n) is 5.93. The van der Waals surface area contributed by atoms with Gasteiger partial charge < -0.3 is 19.7 Å². The van der Waals surface area contributed by atoms with Crippen molar-refractivity contribution in [2.24, 2.45) is 0 Å². The number of amides is 3. The van der Waals surface area contributed by atoms with Crippen LogP contribution in [0.1, 0.15) is 33.6 Å². The topological polar surface area (TPSA) is 88.9 Å². The van der Waals surface area contributed by atoms with Crippen LogP contribution in [0, 0.1) is 5.82 Å². The Hall–Kier alpha value is -3.66. The van der Waals surface area contributed by atoms with Crippen LogP contribution in [0.25, 0.3) is 10.9 Å². The molecule has 2 aromatic carbocycles. The highest BCUT2D eigenvalue weighted by Crippen LogP contribution is 2.27. The molecule has 0 bridgehead atoms. The number of methoxy groups -OCH3 is 1. The molecular weight excluding hydrogens is 465 g/mol. The first-order valence-corrected chi connectivity index (χ1v) is 11.9. The molecule has 0 radical (unpaired) electrons. The Balaban J connectivity index is 1.54. The van der Waals surface area contributed by atoms with Crippen LogP contribution in [0.5, 0.6) is 0 Å². The van der Waals surface area contributed by atoms with E-state index in [-0.39, 0.29) is 24.9 Å². The smallest absolute Gasteiger partial charge is 0.410 e. The van der Waals surface area contributed by atoms with E-state index in [1.54, 1.807) is 46.0 Å². The van der Waals surface area contributed by atoms with Gasteiger partial charge in [-0.1, -0.05) is 6.07 Å². The van der Waals surface area contributed by atoms with E-state index in [2.05, 4.69) is 10.4 Å². The molecule has 36 heavy (non-hydrogen) atoms. The van der Waals surface area contributed by atoms with Crippen LogP contribution >= 0.6 is 0 Å². The number of hydrogen-bond donors (Lipinski definition) is 1. The van der Waals surface area contributed by atoms with Crippen LogP contribution < -0.4 is 10.2 Å². The molecule has 1 aromatic heterocycles. The SMILES string of the molecule is COCn1ncc2ccc(NC(=O)N(c3cccc(F)c3)C3CCN(C(=O)OC(C)(C)C)CC3)cc21. The highest BCUT2D eigenvalue weighted by molar-refractivity contribution is 6.03. The average Bonchev–Trinajstić information content (AvgIpc) is 3.21. The van der Waals surface area contributed by atoms with Gasteiger partial charge in [-0.25, -0.2) is 18.7 Å². The van der Waals surface area contributed by atoms with E-state index in [0.29, 0.717) is 37.3 Å². The Morgan fingerprint density at radius 3 is 2.58 bits per heavy atom. The summed E-state index contributed by atoms with van der Waals surface area (Å²) < 4.78 is 26.5. The maximum Gasteiger partial charge on any atom is 0.410 e. The van der Waals surface area contributed by atoms with Crippen LogP contribution in [0.4, 0.5) is 25.4 Å². The van der Waals surface area contributed by atoms with Crippen molar-refractivity contribution >= 4 is 34.4 Å². The number of rotatable bonds is 5. The Bertz CT molecular complexity index is 1230. The number of carbonyl (C=O) groups excluding carboxylic acids is 2. The molecule has 0 aliphatic carbocycles. The van der Waals surface area contributed by atoms with Gasteiger partial charge in [0.1, 0.15) is 18.1 Å². The van der Waals surface area contributed by atoms with E-state index in [9.17, 15) is 14.0 Å². The molecule has 3 aromatic rings. The molecule has 1 aliphatic heterocycles. The number of hydrogen-bond acceptors (Lipinski definition) is 5. The van der Waals surface area contributed by atoms with Crippen molar-refractivity contribution in [1.82, 2.24) is 14.7 Å². The molecule has 192 valence electrons. The summed E-state index contributed by atoms with van der Waals surface area (Å²) in [5.41, 5.74) is 1.27. The minimum absolute atomic E-state index is 0.228. The number of halogens is 1. The number of nitrogens with one attached hydrogen (secondary N) is 1. The van der Waals surface area contributed by atoms with Gasteiger partial charge in [0.2, 0.25) is 0 Å². The Labute approximate surface area is 209 Å². The quantitative estimate of drug-likeness (QED) is 0.522. The molecule has 1 aliphatic rings. The number of likely N-dealkylation sites (tertiary alicyclic amines) is 1. The number of aromatic nitrogens is 2. The zero-order valence-electron chi connectivity index (χ0n) is 21.0. The summed E-state index contributed by atoms with van der Waals surface area (Å²) in [7, 11) is 1.59. The monoisotopic (exact) mass is 497 g/mol. The second kappa shape index (κ2) is 10.5. The molecule has 2 heterocycles. The fraction of sp³-hybridized carbons (Fsp3) is 0.423. The van der Waals surface area contributed by atoms with Crippen molar-refractivity contribution in [3.8, 4) is 0 Å². The molecule has 9 nitrogen and oxygen atoms in total. The van der Waals surface area contributed by atoms with Gasteiger partial charge in [0.25, 0.3) is 0 Å². The predicted molar refractivity (Wildman–Crippen MR) is 135 cm³/mol. The molecule has 0 atom stereocenters. The fourth-order valence-electron chi connectivity index (χ4n) is 4.31. The van der Waals surface area contributed by atoms with Crippen molar-refractivity contribution in [2.45, 2.75) is 52.0 Å². The van der Waals surface area contributed by atoms with Crippen molar-refractivity contribution in [3.63, 3.8) is 0 Å². The summed E-state index contributed by atoms with van der Waals surface area (Å²) in [4.78, 5) is 29.3.